The van der Waals surface area contributed by atoms with E-state index in [1.807, 2.05) is 0 Å². The van der Waals surface area contributed by atoms with Crippen LogP contribution in [-0.4, -0.2) is 24.4 Å². The lowest BCUT2D eigenvalue weighted by molar-refractivity contribution is 0.628. The molecule has 4 nitrogen and oxygen atoms in total. The summed E-state index contributed by atoms with van der Waals surface area (Å²) in [5.41, 5.74) is 7.05. The van der Waals surface area contributed by atoms with Crippen LogP contribution >= 0.6 is 12.2 Å². The smallest absolute Gasteiger partial charge is 0.191 e. The first-order valence-electron chi connectivity index (χ1n) is 8.39. The molecule has 0 amide bonds. The third kappa shape index (κ3) is 4.54. The summed E-state index contributed by atoms with van der Waals surface area (Å²) in [5.74, 6) is -0.313. The van der Waals surface area contributed by atoms with Gasteiger partial charge in [-0.1, -0.05) is 12.1 Å². The Morgan fingerprint density at radius 2 is 2.20 bits per heavy atom. The van der Waals surface area contributed by atoms with Crippen LogP contribution in [0.3, 0.4) is 0 Å². The van der Waals surface area contributed by atoms with E-state index in [-0.39, 0.29) is 5.82 Å². The second kappa shape index (κ2) is 8.07. The van der Waals surface area contributed by atoms with Crippen LogP contribution in [0.4, 0.5) is 15.8 Å². The average Bonchev–Trinajstić information content (AvgIpc) is 2.61. The zero-order valence-corrected chi connectivity index (χ0v) is 14.9. The van der Waals surface area contributed by atoms with Crippen molar-refractivity contribution in [3.8, 4) is 0 Å². The standard InChI is InChI=1S/C19H21FN4S/c1-2-24-10-4-5-15-11-14(8-9-18(15)24)13-21-23-19(25)22-17-7-3-6-16(20)12-17/h3,6-9,11-13H,2,4-5,10H2,1H3,(H2,22,23,25)/b21-13-. The topological polar surface area (TPSA) is 39.7 Å². The van der Waals surface area contributed by atoms with Crippen LogP contribution in [0.15, 0.2) is 47.6 Å². The van der Waals surface area contributed by atoms with Crippen molar-refractivity contribution in [1.29, 1.82) is 0 Å². The summed E-state index contributed by atoms with van der Waals surface area (Å²) in [6.45, 7) is 4.33. The van der Waals surface area contributed by atoms with Gasteiger partial charge in [-0.3, -0.25) is 5.43 Å². The Labute approximate surface area is 152 Å². The lowest BCUT2D eigenvalue weighted by Crippen LogP contribution is -2.28. The Kier molecular flexibility index (Phi) is 5.60. The third-order valence-electron chi connectivity index (χ3n) is 4.16. The highest BCUT2D eigenvalue weighted by atomic mass is 32.1. The first-order valence-corrected chi connectivity index (χ1v) is 8.80. The van der Waals surface area contributed by atoms with Crippen LogP contribution in [0.5, 0.6) is 0 Å². The predicted octanol–water partition coefficient (Wildman–Crippen LogP) is 3.92. The van der Waals surface area contributed by atoms with Gasteiger partial charge in [-0.25, -0.2) is 4.39 Å². The summed E-state index contributed by atoms with van der Waals surface area (Å²) in [6, 6.07) is 12.5. The molecule has 0 spiro atoms. The summed E-state index contributed by atoms with van der Waals surface area (Å²) in [6.07, 6.45) is 4.02. The van der Waals surface area contributed by atoms with Crippen molar-refractivity contribution in [3.05, 3.63) is 59.4 Å². The maximum atomic E-state index is 13.1. The Morgan fingerprint density at radius 3 is 3.00 bits per heavy atom. The molecule has 130 valence electrons. The molecule has 25 heavy (non-hydrogen) atoms. The van der Waals surface area contributed by atoms with E-state index in [4.69, 9.17) is 12.2 Å². The van der Waals surface area contributed by atoms with Crippen molar-refractivity contribution >= 4 is 34.9 Å². The van der Waals surface area contributed by atoms with Gasteiger partial charge in [0.1, 0.15) is 5.82 Å². The highest BCUT2D eigenvalue weighted by Gasteiger charge is 2.15. The number of nitrogens with one attached hydrogen (secondary N) is 2. The summed E-state index contributed by atoms with van der Waals surface area (Å²) < 4.78 is 13.1. The summed E-state index contributed by atoms with van der Waals surface area (Å²) in [5, 5.41) is 7.37. The van der Waals surface area contributed by atoms with E-state index in [0.717, 1.165) is 25.1 Å². The zero-order valence-electron chi connectivity index (χ0n) is 14.1. The fraction of sp³-hybridized carbons (Fsp3) is 0.263. The van der Waals surface area contributed by atoms with E-state index < -0.39 is 0 Å². The lowest BCUT2D eigenvalue weighted by atomic mass is 9.99. The Bertz CT molecular complexity index is 791. The molecule has 6 heteroatoms. The van der Waals surface area contributed by atoms with Crippen LogP contribution in [0.2, 0.25) is 0 Å². The third-order valence-corrected chi connectivity index (χ3v) is 4.36. The molecule has 2 N–H and O–H groups in total. The van der Waals surface area contributed by atoms with E-state index in [2.05, 4.69) is 45.9 Å². The molecular weight excluding hydrogens is 335 g/mol. The first kappa shape index (κ1) is 17.4. The highest BCUT2D eigenvalue weighted by Crippen LogP contribution is 2.27. The van der Waals surface area contributed by atoms with E-state index in [9.17, 15) is 4.39 Å². The van der Waals surface area contributed by atoms with Gasteiger partial charge in [0.05, 0.1) is 6.21 Å². The molecule has 1 heterocycles. The fourth-order valence-electron chi connectivity index (χ4n) is 2.99. The van der Waals surface area contributed by atoms with Crippen LogP contribution in [-0.2, 0) is 6.42 Å². The number of hydrogen-bond donors (Lipinski definition) is 2. The number of rotatable bonds is 4. The van der Waals surface area contributed by atoms with Crippen molar-refractivity contribution in [2.45, 2.75) is 19.8 Å². The number of nitrogens with zero attached hydrogens (tertiary/aromatic N) is 2. The summed E-state index contributed by atoms with van der Waals surface area (Å²) in [4.78, 5) is 2.40. The van der Waals surface area contributed by atoms with Gasteiger partial charge >= 0.3 is 0 Å². The van der Waals surface area contributed by atoms with Gasteiger partial charge in [0.2, 0.25) is 0 Å². The van der Waals surface area contributed by atoms with Crippen LogP contribution in [0.25, 0.3) is 0 Å². The van der Waals surface area contributed by atoms with Crippen LogP contribution in [0, 0.1) is 5.82 Å². The minimum absolute atomic E-state index is 0.313. The summed E-state index contributed by atoms with van der Waals surface area (Å²) in [7, 11) is 0. The van der Waals surface area contributed by atoms with Gasteiger partial charge in [-0.15, -0.1) is 0 Å². The summed E-state index contributed by atoms with van der Waals surface area (Å²) >= 11 is 5.16. The lowest BCUT2D eigenvalue weighted by Gasteiger charge is -2.30. The Balaban J connectivity index is 1.60. The van der Waals surface area contributed by atoms with Gasteiger partial charge in [0, 0.05) is 24.5 Å². The van der Waals surface area contributed by atoms with E-state index >= 15 is 0 Å². The van der Waals surface area contributed by atoms with Gasteiger partial charge < -0.3 is 10.2 Å². The van der Waals surface area contributed by atoms with Crippen molar-refractivity contribution in [2.75, 3.05) is 23.3 Å². The SMILES string of the molecule is CCN1CCCc2cc(/C=N\NC(=S)Nc3cccc(F)c3)ccc21. The van der Waals surface area contributed by atoms with Gasteiger partial charge in [0.25, 0.3) is 0 Å². The Morgan fingerprint density at radius 1 is 1.32 bits per heavy atom. The molecule has 2 aromatic rings. The largest absolute Gasteiger partial charge is 0.372 e. The molecule has 0 aromatic heterocycles. The van der Waals surface area contributed by atoms with Crippen LogP contribution < -0.4 is 15.6 Å². The molecule has 0 aliphatic carbocycles. The van der Waals surface area contributed by atoms with Crippen molar-refractivity contribution in [3.63, 3.8) is 0 Å². The quantitative estimate of drug-likeness (QED) is 0.495. The number of halogens is 1. The van der Waals surface area contributed by atoms with Crippen molar-refractivity contribution in [1.82, 2.24) is 5.43 Å². The van der Waals surface area contributed by atoms with Gasteiger partial charge in [-0.2, -0.15) is 5.10 Å². The highest BCUT2D eigenvalue weighted by molar-refractivity contribution is 7.80. The first-order chi connectivity index (χ1) is 12.2. The predicted molar refractivity (Wildman–Crippen MR) is 106 cm³/mol. The molecule has 2 aromatic carbocycles. The average molecular weight is 356 g/mol. The zero-order chi connectivity index (χ0) is 17.6. The molecular formula is C19H21FN4S. The number of aryl methyl sites for hydroxylation is 1. The normalized spacial score (nSPS) is 13.6. The Hall–Kier alpha value is -2.47. The second-order valence-corrected chi connectivity index (χ2v) is 6.31. The molecule has 0 atom stereocenters. The van der Waals surface area contributed by atoms with Crippen molar-refractivity contribution < 1.29 is 4.39 Å². The molecule has 0 saturated carbocycles. The molecule has 1 aliphatic rings. The number of hydrazone groups is 1. The molecule has 1 aliphatic heterocycles. The molecule has 0 fully saturated rings. The minimum Gasteiger partial charge on any atom is -0.372 e. The van der Waals surface area contributed by atoms with Crippen LogP contribution in [0.1, 0.15) is 24.5 Å². The number of fused-ring (bicyclic) bond motifs is 1. The van der Waals surface area contributed by atoms with E-state index in [1.54, 1.807) is 18.3 Å². The second-order valence-electron chi connectivity index (χ2n) is 5.91. The number of anilines is 2. The van der Waals surface area contributed by atoms with Gasteiger partial charge in [-0.05, 0) is 73.4 Å². The van der Waals surface area contributed by atoms with Crippen molar-refractivity contribution in [2.24, 2.45) is 5.10 Å². The molecule has 3 rings (SSSR count). The molecule has 0 bridgehead atoms. The number of benzene rings is 2. The fourth-order valence-corrected chi connectivity index (χ4v) is 3.17. The molecule has 0 saturated heterocycles. The molecule has 0 unspecified atom stereocenters. The maximum Gasteiger partial charge on any atom is 0.191 e. The monoisotopic (exact) mass is 356 g/mol. The minimum atomic E-state index is -0.313. The number of thiocarbonyl (C=S) groups is 1. The van der Waals surface area contributed by atoms with E-state index in [0.29, 0.717) is 10.8 Å². The van der Waals surface area contributed by atoms with Gasteiger partial charge in [0.15, 0.2) is 5.11 Å². The maximum absolute atomic E-state index is 13.1. The number of hydrogen-bond acceptors (Lipinski definition) is 3. The molecule has 0 radical (unpaired) electrons. The van der Waals surface area contributed by atoms with E-state index in [1.165, 1.54) is 29.8 Å².